The molecule has 0 aliphatic rings. The Morgan fingerprint density at radius 1 is 1.14 bits per heavy atom. The third-order valence-electron chi connectivity index (χ3n) is 3.72. The van der Waals surface area contributed by atoms with Gasteiger partial charge in [-0.3, -0.25) is 0 Å². The molecule has 0 amide bonds. The minimum absolute atomic E-state index is 0.263. The van der Waals surface area contributed by atoms with Gasteiger partial charge in [-0.25, -0.2) is 9.97 Å². The molecule has 2 N–H and O–H groups in total. The second kappa shape index (κ2) is 6.12. The minimum Gasteiger partial charge on any atom is -0.383 e. The molecule has 0 atom stereocenters. The lowest BCUT2D eigenvalue weighted by molar-refractivity contribution is 0.761. The van der Waals surface area contributed by atoms with Gasteiger partial charge >= 0.3 is 0 Å². The Bertz CT molecular complexity index is 635. The first kappa shape index (κ1) is 15.3. The summed E-state index contributed by atoms with van der Waals surface area (Å²) in [5.74, 6) is 2.54. The summed E-state index contributed by atoms with van der Waals surface area (Å²) in [4.78, 5) is 11.2. The van der Waals surface area contributed by atoms with Crippen LogP contribution in [0.3, 0.4) is 0 Å². The summed E-state index contributed by atoms with van der Waals surface area (Å²) >= 11 is 0. The summed E-state index contributed by atoms with van der Waals surface area (Å²) in [7, 11) is 2.05. The van der Waals surface area contributed by atoms with Crippen LogP contribution in [0.5, 0.6) is 0 Å². The largest absolute Gasteiger partial charge is 0.383 e. The number of rotatable bonds is 4. The summed E-state index contributed by atoms with van der Waals surface area (Å²) < 4.78 is 0. The topological polar surface area (TPSA) is 55.0 Å². The van der Waals surface area contributed by atoms with Crippen LogP contribution in [0.25, 0.3) is 0 Å². The number of nitrogens with two attached hydrogens (primary N) is 1. The maximum absolute atomic E-state index is 6.04. The second-order valence-corrected chi connectivity index (χ2v) is 5.85. The molecule has 0 bridgehead atoms. The first-order valence-corrected chi connectivity index (χ1v) is 7.29. The number of hydrogen-bond acceptors (Lipinski definition) is 4. The van der Waals surface area contributed by atoms with Crippen LogP contribution in [-0.2, 0) is 6.54 Å². The van der Waals surface area contributed by atoms with Gasteiger partial charge in [-0.15, -0.1) is 0 Å². The van der Waals surface area contributed by atoms with Crippen molar-refractivity contribution in [3.8, 4) is 0 Å². The van der Waals surface area contributed by atoms with Crippen LogP contribution in [0.1, 0.15) is 42.3 Å². The number of nitrogens with zero attached hydrogens (tertiary/aromatic N) is 3. The van der Waals surface area contributed by atoms with Crippen LogP contribution in [0.2, 0.25) is 0 Å². The lowest BCUT2D eigenvalue weighted by Gasteiger charge is -2.23. The average molecular weight is 284 g/mol. The Morgan fingerprint density at radius 2 is 1.81 bits per heavy atom. The third kappa shape index (κ3) is 3.32. The number of benzene rings is 1. The summed E-state index contributed by atoms with van der Waals surface area (Å²) in [6.45, 7) is 9.07. The molecule has 2 rings (SSSR count). The molecule has 4 heteroatoms. The molecule has 112 valence electrons. The fourth-order valence-electron chi connectivity index (χ4n) is 2.29. The Morgan fingerprint density at radius 3 is 2.43 bits per heavy atom. The predicted octanol–water partition coefficient (Wildman–Crippen LogP) is 3.44. The van der Waals surface area contributed by atoms with Crippen molar-refractivity contribution in [3.63, 3.8) is 0 Å². The van der Waals surface area contributed by atoms with Crippen molar-refractivity contribution in [2.24, 2.45) is 0 Å². The zero-order valence-electron chi connectivity index (χ0n) is 13.5. The summed E-state index contributed by atoms with van der Waals surface area (Å²) in [5.41, 5.74) is 9.56. The molecule has 0 saturated carbocycles. The maximum atomic E-state index is 6.04. The van der Waals surface area contributed by atoms with Crippen molar-refractivity contribution in [1.82, 2.24) is 9.97 Å². The van der Waals surface area contributed by atoms with Gasteiger partial charge in [0.25, 0.3) is 0 Å². The number of anilines is 2. The first-order valence-electron chi connectivity index (χ1n) is 7.29. The van der Waals surface area contributed by atoms with E-state index in [9.17, 15) is 0 Å². The summed E-state index contributed by atoms with van der Waals surface area (Å²) in [6.07, 6.45) is 0. The standard InChI is InChI=1S/C17H24N4/c1-11(2)16-19-15(18)13(4)17(20-16)21(5)10-14-9-7-6-8-12(14)3/h6-9,11H,10H2,1-5H3,(H2,18,19,20). The lowest BCUT2D eigenvalue weighted by atomic mass is 10.1. The molecule has 1 aromatic carbocycles. The van der Waals surface area contributed by atoms with E-state index in [2.05, 4.69) is 54.9 Å². The highest BCUT2D eigenvalue weighted by Gasteiger charge is 2.15. The van der Waals surface area contributed by atoms with Crippen molar-refractivity contribution < 1.29 is 0 Å². The molecule has 0 unspecified atom stereocenters. The van der Waals surface area contributed by atoms with E-state index in [1.807, 2.05) is 14.0 Å². The monoisotopic (exact) mass is 284 g/mol. The highest BCUT2D eigenvalue weighted by Crippen LogP contribution is 2.25. The van der Waals surface area contributed by atoms with Gasteiger partial charge in [-0.1, -0.05) is 38.1 Å². The third-order valence-corrected chi connectivity index (χ3v) is 3.72. The van der Waals surface area contributed by atoms with Gasteiger partial charge in [0, 0.05) is 25.1 Å². The molecular weight excluding hydrogens is 260 g/mol. The fraction of sp³-hybridized carbons (Fsp3) is 0.412. The van der Waals surface area contributed by atoms with Crippen LogP contribution in [0.15, 0.2) is 24.3 Å². The number of aryl methyl sites for hydroxylation is 1. The molecular formula is C17H24N4. The highest BCUT2D eigenvalue weighted by atomic mass is 15.2. The van der Waals surface area contributed by atoms with Gasteiger partial charge in [-0.05, 0) is 25.0 Å². The molecule has 1 heterocycles. The molecule has 0 fully saturated rings. The number of nitrogen functional groups attached to an aromatic ring is 1. The van der Waals surface area contributed by atoms with Crippen LogP contribution < -0.4 is 10.6 Å². The zero-order chi connectivity index (χ0) is 15.6. The van der Waals surface area contributed by atoms with Gasteiger partial charge < -0.3 is 10.6 Å². The first-order chi connectivity index (χ1) is 9.90. The molecule has 2 aromatic rings. The van der Waals surface area contributed by atoms with Gasteiger partial charge in [0.2, 0.25) is 0 Å². The lowest BCUT2D eigenvalue weighted by Crippen LogP contribution is -2.21. The van der Waals surface area contributed by atoms with Gasteiger partial charge in [0.05, 0.1) is 0 Å². The Balaban J connectivity index is 2.35. The minimum atomic E-state index is 0.263. The molecule has 21 heavy (non-hydrogen) atoms. The number of hydrogen-bond donors (Lipinski definition) is 1. The van der Waals surface area contributed by atoms with Gasteiger partial charge in [-0.2, -0.15) is 0 Å². The SMILES string of the molecule is Cc1ccccc1CN(C)c1nc(C(C)C)nc(N)c1C. The van der Waals surface area contributed by atoms with Crippen molar-refractivity contribution in [3.05, 3.63) is 46.8 Å². The molecule has 0 radical (unpaired) electrons. The Labute approximate surface area is 127 Å². The normalized spacial score (nSPS) is 11.0. The van der Waals surface area contributed by atoms with Crippen molar-refractivity contribution in [1.29, 1.82) is 0 Å². The maximum Gasteiger partial charge on any atom is 0.137 e. The summed E-state index contributed by atoms with van der Waals surface area (Å²) in [5, 5.41) is 0. The van der Waals surface area contributed by atoms with E-state index in [1.54, 1.807) is 0 Å². The van der Waals surface area contributed by atoms with E-state index in [-0.39, 0.29) is 5.92 Å². The van der Waals surface area contributed by atoms with E-state index in [4.69, 9.17) is 10.7 Å². The molecule has 0 aliphatic heterocycles. The summed E-state index contributed by atoms with van der Waals surface area (Å²) in [6, 6.07) is 8.40. The smallest absolute Gasteiger partial charge is 0.137 e. The molecule has 0 aliphatic carbocycles. The van der Waals surface area contributed by atoms with Gasteiger partial charge in [0.15, 0.2) is 0 Å². The van der Waals surface area contributed by atoms with E-state index in [0.717, 1.165) is 23.8 Å². The quantitative estimate of drug-likeness (QED) is 0.934. The molecule has 1 aromatic heterocycles. The van der Waals surface area contributed by atoms with Crippen molar-refractivity contribution in [2.45, 2.75) is 40.2 Å². The Hall–Kier alpha value is -2.10. The number of aromatic nitrogens is 2. The molecule has 0 spiro atoms. The predicted molar refractivity (Wildman–Crippen MR) is 88.6 cm³/mol. The van der Waals surface area contributed by atoms with E-state index >= 15 is 0 Å². The molecule has 4 nitrogen and oxygen atoms in total. The molecule has 0 saturated heterocycles. The van der Waals surface area contributed by atoms with Gasteiger partial charge in [0.1, 0.15) is 17.5 Å². The van der Waals surface area contributed by atoms with Crippen LogP contribution in [-0.4, -0.2) is 17.0 Å². The van der Waals surface area contributed by atoms with Crippen LogP contribution >= 0.6 is 0 Å². The van der Waals surface area contributed by atoms with Crippen molar-refractivity contribution in [2.75, 3.05) is 17.7 Å². The fourth-order valence-corrected chi connectivity index (χ4v) is 2.29. The van der Waals surface area contributed by atoms with Crippen LogP contribution in [0.4, 0.5) is 11.6 Å². The average Bonchev–Trinajstić information content (AvgIpc) is 2.43. The zero-order valence-corrected chi connectivity index (χ0v) is 13.5. The van der Waals surface area contributed by atoms with Crippen molar-refractivity contribution >= 4 is 11.6 Å². The van der Waals surface area contributed by atoms with E-state index in [1.165, 1.54) is 11.1 Å². The van der Waals surface area contributed by atoms with Crippen LogP contribution in [0, 0.1) is 13.8 Å². The highest BCUT2D eigenvalue weighted by molar-refractivity contribution is 5.56. The van der Waals surface area contributed by atoms with E-state index in [0.29, 0.717) is 5.82 Å². The second-order valence-electron chi connectivity index (χ2n) is 5.85. The Kier molecular flexibility index (Phi) is 4.46. The van der Waals surface area contributed by atoms with E-state index < -0.39 is 0 Å².